The molecule has 1 heterocycles. The van der Waals surface area contributed by atoms with Crippen LogP contribution in [0.5, 0.6) is 0 Å². The quantitative estimate of drug-likeness (QED) is 0.733. The number of piperidine rings is 1. The van der Waals surface area contributed by atoms with Crippen LogP contribution in [0.15, 0.2) is 0 Å². The Morgan fingerprint density at radius 3 is 2.59 bits per heavy atom. The molecule has 1 aliphatic rings. The molecule has 0 aliphatic carbocycles. The summed E-state index contributed by atoms with van der Waals surface area (Å²) in [7, 11) is 2.10. The second-order valence-corrected chi connectivity index (χ2v) is 6.04. The average molecular weight is 257 g/mol. The maximum absolute atomic E-state index is 12.1. The molecule has 0 bridgehead atoms. The van der Waals surface area contributed by atoms with Crippen LogP contribution in [0.4, 0.5) is 0 Å². The zero-order chi connectivity index (χ0) is 13.2. The Hall–Kier alpha value is -0.680. The van der Waals surface area contributed by atoms with Crippen molar-refractivity contribution >= 4 is 23.1 Å². The molecule has 98 valence electrons. The minimum atomic E-state index is -0.765. The normalized spacial score (nSPS) is 26.6. The van der Waals surface area contributed by atoms with Crippen LogP contribution in [-0.2, 0) is 4.79 Å². The largest absolute Gasteiger partial charge is 0.392 e. The molecule has 0 aromatic carbocycles. The second-order valence-electron chi connectivity index (χ2n) is 5.60. The molecule has 3 N–H and O–H groups in total. The van der Waals surface area contributed by atoms with E-state index in [1.165, 1.54) is 0 Å². The van der Waals surface area contributed by atoms with Gasteiger partial charge in [-0.3, -0.25) is 4.79 Å². The number of nitrogens with one attached hydrogen (secondary N) is 1. The maximum Gasteiger partial charge on any atom is 0.232 e. The highest BCUT2D eigenvalue weighted by atomic mass is 32.1. The van der Waals surface area contributed by atoms with Crippen molar-refractivity contribution in [1.29, 1.82) is 0 Å². The molecule has 0 aromatic heterocycles. The van der Waals surface area contributed by atoms with Gasteiger partial charge in [0.15, 0.2) is 0 Å². The highest BCUT2D eigenvalue weighted by Gasteiger charge is 2.34. The van der Waals surface area contributed by atoms with Crippen LogP contribution in [-0.4, -0.2) is 42.0 Å². The van der Waals surface area contributed by atoms with Gasteiger partial charge in [0.05, 0.1) is 10.4 Å². The van der Waals surface area contributed by atoms with Crippen molar-refractivity contribution in [3.63, 3.8) is 0 Å². The van der Waals surface area contributed by atoms with Crippen molar-refractivity contribution in [1.82, 2.24) is 10.2 Å². The molecule has 17 heavy (non-hydrogen) atoms. The first kappa shape index (κ1) is 14.4. The average Bonchev–Trinajstić information content (AvgIpc) is 2.21. The van der Waals surface area contributed by atoms with E-state index in [1.54, 1.807) is 13.8 Å². The van der Waals surface area contributed by atoms with Gasteiger partial charge in [-0.2, -0.15) is 0 Å². The fourth-order valence-corrected chi connectivity index (χ4v) is 2.12. The van der Waals surface area contributed by atoms with Gasteiger partial charge in [0, 0.05) is 12.6 Å². The van der Waals surface area contributed by atoms with Crippen LogP contribution in [0, 0.1) is 11.3 Å². The molecule has 4 nitrogen and oxygen atoms in total. The standard InChI is InChI=1S/C12H23N3OS/c1-8-7-15(4)6-5-9(8)14-11(16)12(2,3)10(13)17/h8-9H,5-7H2,1-4H3,(H2,13,17)(H,14,16). The van der Waals surface area contributed by atoms with E-state index in [1.807, 2.05) is 0 Å². The van der Waals surface area contributed by atoms with E-state index in [0.29, 0.717) is 5.92 Å². The first-order chi connectivity index (χ1) is 7.75. The lowest BCUT2D eigenvalue weighted by molar-refractivity contribution is -0.127. The molecule has 0 saturated carbocycles. The lowest BCUT2D eigenvalue weighted by atomic mass is 9.89. The summed E-state index contributed by atoms with van der Waals surface area (Å²) in [6.07, 6.45) is 0.983. The van der Waals surface area contributed by atoms with Crippen molar-refractivity contribution in [3.8, 4) is 0 Å². The highest BCUT2D eigenvalue weighted by Crippen LogP contribution is 2.20. The zero-order valence-corrected chi connectivity index (χ0v) is 11.9. The lowest BCUT2D eigenvalue weighted by Gasteiger charge is -2.36. The van der Waals surface area contributed by atoms with Crippen LogP contribution in [0.1, 0.15) is 27.2 Å². The first-order valence-corrected chi connectivity index (χ1v) is 6.45. The van der Waals surface area contributed by atoms with Crippen LogP contribution in [0.25, 0.3) is 0 Å². The van der Waals surface area contributed by atoms with Gasteiger partial charge in [-0.1, -0.05) is 19.1 Å². The third kappa shape index (κ3) is 3.39. The minimum Gasteiger partial charge on any atom is -0.392 e. The van der Waals surface area contributed by atoms with Gasteiger partial charge in [0.25, 0.3) is 0 Å². The van der Waals surface area contributed by atoms with E-state index < -0.39 is 5.41 Å². The first-order valence-electron chi connectivity index (χ1n) is 6.04. The third-order valence-corrected chi connectivity index (χ3v) is 4.12. The van der Waals surface area contributed by atoms with Gasteiger partial charge >= 0.3 is 0 Å². The number of amides is 1. The third-order valence-electron chi connectivity index (χ3n) is 3.61. The summed E-state index contributed by atoms with van der Waals surface area (Å²) in [5.74, 6) is 0.395. The predicted molar refractivity (Wildman–Crippen MR) is 73.8 cm³/mol. The molecule has 0 aromatic rings. The van der Waals surface area contributed by atoms with Gasteiger partial charge < -0.3 is 16.0 Å². The number of thiocarbonyl (C=S) groups is 1. The highest BCUT2D eigenvalue weighted by molar-refractivity contribution is 7.80. The molecule has 1 aliphatic heterocycles. The topological polar surface area (TPSA) is 58.4 Å². The van der Waals surface area contributed by atoms with Gasteiger partial charge in [-0.15, -0.1) is 0 Å². The Morgan fingerprint density at radius 2 is 2.12 bits per heavy atom. The lowest BCUT2D eigenvalue weighted by Crippen LogP contribution is -2.54. The molecule has 0 radical (unpaired) electrons. The molecule has 2 atom stereocenters. The number of likely N-dealkylation sites (tertiary alicyclic amines) is 1. The van der Waals surface area contributed by atoms with Crippen LogP contribution < -0.4 is 11.1 Å². The second kappa shape index (κ2) is 5.31. The minimum absolute atomic E-state index is 0.0635. The molecule has 1 fully saturated rings. The summed E-state index contributed by atoms with van der Waals surface area (Å²) in [5.41, 5.74) is 4.83. The molecule has 1 saturated heterocycles. The Kier molecular flexibility index (Phi) is 4.49. The van der Waals surface area contributed by atoms with Crippen molar-refractivity contribution in [2.45, 2.75) is 33.2 Å². The molecular weight excluding hydrogens is 234 g/mol. The van der Waals surface area contributed by atoms with E-state index in [4.69, 9.17) is 18.0 Å². The fourth-order valence-electron chi connectivity index (χ4n) is 2.03. The SMILES string of the molecule is CC1CN(C)CCC1NC(=O)C(C)(C)C(N)=S. The van der Waals surface area contributed by atoms with E-state index in [2.05, 4.69) is 24.2 Å². The van der Waals surface area contributed by atoms with Gasteiger partial charge in [0.1, 0.15) is 0 Å². The Bertz CT molecular complexity index is 317. The summed E-state index contributed by atoms with van der Waals surface area (Å²) in [4.78, 5) is 14.6. The van der Waals surface area contributed by atoms with Gasteiger partial charge in [-0.05, 0) is 39.8 Å². The monoisotopic (exact) mass is 257 g/mol. The van der Waals surface area contributed by atoms with E-state index in [-0.39, 0.29) is 16.9 Å². The van der Waals surface area contributed by atoms with Gasteiger partial charge in [0.2, 0.25) is 5.91 Å². The summed E-state index contributed by atoms with van der Waals surface area (Å²) in [6, 6.07) is 0.229. The Labute approximate surface area is 109 Å². The van der Waals surface area contributed by atoms with E-state index in [0.717, 1.165) is 19.5 Å². The Morgan fingerprint density at radius 1 is 1.53 bits per heavy atom. The van der Waals surface area contributed by atoms with Crippen molar-refractivity contribution in [3.05, 3.63) is 0 Å². The van der Waals surface area contributed by atoms with Crippen molar-refractivity contribution in [2.75, 3.05) is 20.1 Å². The summed E-state index contributed by atoms with van der Waals surface area (Å²) < 4.78 is 0. The van der Waals surface area contributed by atoms with E-state index >= 15 is 0 Å². The van der Waals surface area contributed by atoms with Crippen LogP contribution in [0.3, 0.4) is 0 Å². The number of rotatable bonds is 3. The van der Waals surface area contributed by atoms with Gasteiger partial charge in [-0.25, -0.2) is 0 Å². The number of carbonyl (C=O) groups excluding carboxylic acids is 1. The maximum atomic E-state index is 12.1. The summed E-state index contributed by atoms with van der Waals surface area (Å²) >= 11 is 4.93. The van der Waals surface area contributed by atoms with Crippen LogP contribution in [0.2, 0.25) is 0 Å². The van der Waals surface area contributed by atoms with E-state index in [9.17, 15) is 4.79 Å². The summed E-state index contributed by atoms with van der Waals surface area (Å²) in [6.45, 7) is 7.73. The smallest absolute Gasteiger partial charge is 0.232 e. The molecule has 5 heteroatoms. The molecular formula is C12H23N3OS. The molecule has 2 unspecified atom stereocenters. The number of hydrogen-bond donors (Lipinski definition) is 2. The Balaban J connectivity index is 2.60. The number of carbonyl (C=O) groups is 1. The number of nitrogens with two attached hydrogens (primary N) is 1. The summed E-state index contributed by atoms with van der Waals surface area (Å²) in [5, 5.41) is 3.08. The molecule has 1 amide bonds. The predicted octanol–water partition coefficient (Wildman–Crippen LogP) is 0.755. The number of hydrogen-bond acceptors (Lipinski definition) is 3. The van der Waals surface area contributed by atoms with Crippen molar-refractivity contribution < 1.29 is 4.79 Å². The van der Waals surface area contributed by atoms with Crippen LogP contribution >= 0.6 is 12.2 Å². The van der Waals surface area contributed by atoms with Crippen molar-refractivity contribution in [2.24, 2.45) is 17.1 Å². The molecule has 0 spiro atoms. The zero-order valence-electron chi connectivity index (χ0n) is 11.1. The molecule has 1 rings (SSSR count). The fraction of sp³-hybridized carbons (Fsp3) is 0.833. The number of nitrogens with zero attached hydrogens (tertiary/aromatic N) is 1.